The average Bonchev–Trinajstić information content (AvgIpc) is 2.64. The summed E-state index contributed by atoms with van der Waals surface area (Å²) in [6.45, 7) is 3.53. The van der Waals surface area contributed by atoms with Crippen molar-refractivity contribution in [2.45, 2.75) is 32.4 Å². The Morgan fingerprint density at radius 2 is 1.59 bits per heavy atom. The van der Waals surface area contributed by atoms with Crippen molar-refractivity contribution in [3.63, 3.8) is 0 Å². The van der Waals surface area contributed by atoms with Crippen molar-refractivity contribution < 1.29 is 34.8 Å². The summed E-state index contributed by atoms with van der Waals surface area (Å²) in [4.78, 5) is 24.6. The van der Waals surface area contributed by atoms with Crippen molar-refractivity contribution in [3.05, 3.63) is 53.6 Å². The molecule has 0 radical (unpaired) electrons. The maximum absolute atomic E-state index is 12.4. The maximum Gasteiger partial charge on any atom is 0.331 e. The van der Waals surface area contributed by atoms with Crippen LogP contribution in [0.1, 0.15) is 25.0 Å². The fourth-order valence-electron chi connectivity index (χ4n) is 2.46. The minimum absolute atomic E-state index is 0.00797. The van der Waals surface area contributed by atoms with E-state index in [1.807, 2.05) is 0 Å². The topological polar surface area (TPSA) is 136 Å². The van der Waals surface area contributed by atoms with Gasteiger partial charge in [0.2, 0.25) is 0 Å². The molecule has 0 aliphatic carbocycles. The number of aromatic hydroxyl groups is 4. The molecule has 8 heteroatoms. The van der Waals surface area contributed by atoms with Gasteiger partial charge in [0.1, 0.15) is 0 Å². The largest absolute Gasteiger partial charge is 0.504 e. The van der Waals surface area contributed by atoms with Gasteiger partial charge in [-0.15, -0.1) is 0 Å². The Kier molecular flexibility index (Phi) is 7.08. The van der Waals surface area contributed by atoms with Crippen LogP contribution in [0.2, 0.25) is 0 Å². The SMILES string of the molecule is CC(C)NC(=O)[C@@H](Cc1ccc(O)c(O)c1)OC(=O)C=Cc1ccc(O)c(O)c1. The zero-order valence-electron chi connectivity index (χ0n) is 16.0. The van der Waals surface area contributed by atoms with E-state index < -0.39 is 18.0 Å². The molecule has 5 N–H and O–H groups in total. The molecule has 2 aromatic carbocycles. The Morgan fingerprint density at radius 1 is 0.966 bits per heavy atom. The first-order valence-electron chi connectivity index (χ1n) is 8.87. The lowest BCUT2D eigenvalue weighted by molar-refractivity contribution is -0.151. The lowest BCUT2D eigenvalue weighted by atomic mass is 10.1. The van der Waals surface area contributed by atoms with Gasteiger partial charge >= 0.3 is 5.97 Å². The summed E-state index contributed by atoms with van der Waals surface area (Å²) in [5.74, 6) is -2.55. The van der Waals surface area contributed by atoms with Crippen LogP contribution >= 0.6 is 0 Å². The molecule has 0 fully saturated rings. The molecule has 1 amide bonds. The summed E-state index contributed by atoms with van der Waals surface area (Å²) in [5, 5.41) is 40.5. The van der Waals surface area contributed by atoms with Crippen LogP contribution in [0.3, 0.4) is 0 Å². The lowest BCUT2D eigenvalue weighted by Crippen LogP contribution is -2.42. The number of hydrogen-bond donors (Lipinski definition) is 5. The van der Waals surface area contributed by atoms with Gasteiger partial charge in [0.05, 0.1) is 0 Å². The third-order valence-electron chi connectivity index (χ3n) is 3.85. The molecule has 2 aromatic rings. The van der Waals surface area contributed by atoms with Gasteiger partial charge in [0.25, 0.3) is 5.91 Å². The molecule has 2 rings (SSSR count). The summed E-state index contributed by atoms with van der Waals surface area (Å²) in [7, 11) is 0. The predicted octanol–water partition coefficient (Wildman–Crippen LogP) is 2.20. The minimum Gasteiger partial charge on any atom is -0.504 e. The summed E-state index contributed by atoms with van der Waals surface area (Å²) in [6, 6.07) is 7.92. The van der Waals surface area contributed by atoms with E-state index in [1.54, 1.807) is 13.8 Å². The van der Waals surface area contributed by atoms with Crippen LogP contribution in [0.4, 0.5) is 0 Å². The first-order valence-corrected chi connectivity index (χ1v) is 8.87. The maximum atomic E-state index is 12.4. The van der Waals surface area contributed by atoms with Gasteiger partial charge in [-0.2, -0.15) is 0 Å². The highest BCUT2D eigenvalue weighted by molar-refractivity contribution is 5.90. The monoisotopic (exact) mass is 401 g/mol. The second-order valence-corrected chi connectivity index (χ2v) is 6.70. The van der Waals surface area contributed by atoms with Gasteiger partial charge in [-0.25, -0.2) is 4.79 Å². The van der Waals surface area contributed by atoms with E-state index in [9.17, 15) is 30.0 Å². The van der Waals surface area contributed by atoms with Crippen LogP contribution < -0.4 is 5.32 Å². The van der Waals surface area contributed by atoms with Crippen molar-refractivity contribution in [1.82, 2.24) is 5.32 Å². The van der Waals surface area contributed by atoms with Gasteiger partial charge in [-0.05, 0) is 55.3 Å². The number of carbonyl (C=O) groups is 2. The molecule has 0 unspecified atom stereocenters. The van der Waals surface area contributed by atoms with Gasteiger partial charge in [-0.3, -0.25) is 4.79 Å². The molecule has 29 heavy (non-hydrogen) atoms. The number of benzene rings is 2. The van der Waals surface area contributed by atoms with Gasteiger partial charge in [0, 0.05) is 18.5 Å². The smallest absolute Gasteiger partial charge is 0.331 e. The van der Waals surface area contributed by atoms with Gasteiger partial charge in [0.15, 0.2) is 29.1 Å². The van der Waals surface area contributed by atoms with Gasteiger partial charge in [-0.1, -0.05) is 12.1 Å². The number of phenols is 4. The first kappa shape index (κ1) is 21.6. The van der Waals surface area contributed by atoms with Crippen molar-refractivity contribution in [1.29, 1.82) is 0 Å². The summed E-state index contributed by atoms with van der Waals surface area (Å²) >= 11 is 0. The van der Waals surface area contributed by atoms with E-state index in [2.05, 4.69) is 5.32 Å². The molecule has 8 nitrogen and oxygen atoms in total. The molecular weight excluding hydrogens is 378 g/mol. The molecule has 0 bridgehead atoms. The fraction of sp³-hybridized carbons (Fsp3) is 0.238. The van der Waals surface area contributed by atoms with Crippen molar-refractivity contribution in [3.8, 4) is 23.0 Å². The normalized spacial score (nSPS) is 12.1. The van der Waals surface area contributed by atoms with Crippen molar-refractivity contribution >= 4 is 18.0 Å². The van der Waals surface area contributed by atoms with Crippen LogP contribution in [-0.2, 0) is 20.7 Å². The van der Waals surface area contributed by atoms with E-state index in [0.29, 0.717) is 11.1 Å². The predicted molar refractivity (Wildman–Crippen MR) is 105 cm³/mol. The first-order chi connectivity index (χ1) is 13.7. The van der Waals surface area contributed by atoms with Crippen LogP contribution in [0, 0.1) is 0 Å². The Hall–Kier alpha value is -3.68. The molecule has 0 aliphatic rings. The van der Waals surface area contributed by atoms with Crippen molar-refractivity contribution in [2.75, 3.05) is 0 Å². The number of amides is 1. The summed E-state index contributed by atoms with van der Waals surface area (Å²) < 4.78 is 5.27. The molecule has 1 atom stereocenters. The van der Waals surface area contributed by atoms with Gasteiger partial charge < -0.3 is 30.5 Å². The molecule has 0 saturated carbocycles. The molecule has 0 aromatic heterocycles. The number of rotatable bonds is 7. The Balaban J connectivity index is 2.13. The van der Waals surface area contributed by atoms with E-state index in [0.717, 1.165) is 6.08 Å². The van der Waals surface area contributed by atoms with E-state index in [-0.39, 0.29) is 35.5 Å². The number of esters is 1. The third kappa shape index (κ3) is 6.46. The van der Waals surface area contributed by atoms with Crippen LogP contribution in [0.5, 0.6) is 23.0 Å². The van der Waals surface area contributed by atoms with E-state index in [1.165, 1.54) is 42.5 Å². The van der Waals surface area contributed by atoms with Crippen LogP contribution in [0.25, 0.3) is 6.08 Å². The summed E-state index contributed by atoms with van der Waals surface area (Å²) in [5.41, 5.74) is 0.938. The van der Waals surface area contributed by atoms with E-state index >= 15 is 0 Å². The number of phenolic OH excluding ortho intramolecular Hbond substituents is 4. The third-order valence-corrected chi connectivity index (χ3v) is 3.85. The Bertz CT molecular complexity index is 921. The Labute approximate surface area is 167 Å². The zero-order chi connectivity index (χ0) is 21.6. The molecule has 0 aliphatic heterocycles. The Morgan fingerprint density at radius 3 is 2.17 bits per heavy atom. The molecule has 0 spiro atoms. The average molecular weight is 401 g/mol. The summed E-state index contributed by atoms with van der Waals surface area (Å²) in [6.07, 6.45) is 1.29. The highest BCUT2D eigenvalue weighted by atomic mass is 16.5. The van der Waals surface area contributed by atoms with Crippen molar-refractivity contribution in [2.24, 2.45) is 0 Å². The number of nitrogens with one attached hydrogen (secondary N) is 1. The van der Waals surface area contributed by atoms with Crippen LogP contribution in [-0.4, -0.2) is 44.4 Å². The second-order valence-electron chi connectivity index (χ2n) is 6.70. The van der Waals surface area contributed by atoms with E-state index in [4.69, 9.17) is 4.74 Å². The lowest BCUT2D eigenvalue weighted by Gasteiger charge is -2.18. The zero-order valence-corrected chi connectivity index (χ0v) is 16.0. The standard InChI is InChI=1S/C21H23NO7/c1-12(2)22-21(28)19(11-14-4-7-16(24)18(26)10-14)29-20(27)8-5-13-3-6-15(23)17(25)9-13/h3-10,12,19,23-26H,11H2,1-2H3,(H,22,28)/t19-/m1/s1. The molecule has 154 valence electrons. The highest BCUT2D eigenvalue weighted by Gasteiger charge is 2.23. The quantitative estimate of drug-likeness (QED) is 0.272. The van der Waals surface area contributed by atoms with Crippen LogP contribution in [0.15, 0.2) is 42.5 Å². The molecule has 0 saturated heterocycles. The second kappa shape index (κ2) is 9.50. The number of carbonyl (C=O) groups excluding carboxylic acids is 2. The fourth-order valence-corrected chi connectivity index (χ4v) is 2.46. The number of ether oxygens (including phenoxy) is 1. The molecular formula is C21H23NO7. The minimum atomic E-state index is -1.16. The number of hydrogen-bond acceptors (Lipinski definition) is 7. The molecule has 0 heterocycles. The highest BCUT2D eigenvalue weighted by Crippen LogP contribution is 2.26.